The number of benzene rings is 2. The molecule has 1 aromatic heterocycles. The van der Waals surface area contributed by atoms with Crippen LogP contribution in [0.25, 0.3) is 10.2 Å². The van der Waals surface area contributed by atoms with Crippen LogP contribution in [-0.2, 0) is 16.6 Å². The Labute approximate surface area is 183 Å². The molecule has 5 rings (SSSR count). The molecule has 0 spiro atoms. The van der Waals surface area contributed by atoms with Crippen molar-refractivity contribution in [1.29, 1.82) is 0 Å². The van der Waals surface area contributed by atoms with Gasteiger partial charge in [0.05, 0.1) is 15.1 Å². The first-order chi connectivity index (χ1) is 14.5. The molecule has 1 saturated heterocycles. The minimum Gasteiger partial charge on any atom is -0.454 e. The lowest BCUT2D eigenvalue weighted by molar-refractivity contribution is 0.173. The van der Waals surface area contributed by atoms with E-state index in [1.54, 1.807) is 34.3 Å². The molecule has 3 aromatic rings. The standard InChI is InChI=1S/C20H21N3O4S3/c1-28-20-21-16-4-3-15(11-19(16)29-20)30(24,25)23-8-6-22(7-9-23)12-14-2-5-17-18(10-14)27-13-26-17/h2-5,10-11H,6-9,12-13H2,1H3. The van der Waals surface area contributed by atoms with Crippen LogP contribution in [0.5, 0.6) is 11.5 Å². The molecule has 0 radical (unpaired) electrons. The Morgan fingerprint density at radius 3 is 2.67 bits per heavy atom. The maximum absolute atomic E-state index is 13.2. The number of hydrogen-bond acceptors (Lipinski definition) is 8. The van der Waals surface area contributed by atoms with E-state index in [1.807, 2.05) is 24.5 Å². The van der Waals surface area contributed by atoms with Gasteiger partial charge >= 0.3 is 0 Å². The summed E-state index contributed by atoms with van der Waals surface area (Å²) in [6.45, 7) is 3.35. The Kier molecular flexibility index (Phi) is 5.36. The number of ether oxygens (including phenoxy) is 2. The number of rotatable bonds is 5. The van der Waals surface area contributed by atoms with E-state index in [9.17, 15) is 8.42 Å². The van der Waals surface area contributed by atoms with Crippen molar-refractivity contribution in [1.82, 2.24) is 14.2 Å². The first kappa shape index (κ1) is 20.1. The molecule has 0 atom stereocenters. The van der Waals surface area contributed by atoms with Gasteiger partial charge in [0.1, 0.15) is 0 Å². The first-order valence-electron chi connectivity index (χ1n) is 9.58. The Balaban J connectivity index is 1.26. The molecule has 0 amide bonds. The number of hydrogen-bond donors (Lipinski definition) is 0. The highest BCUT2D eigenvalue weighted by Crippen LogP contribution is 2.33. The van der Waals surface area contributed by atoms with Gasteiger partial charge in [-0.05, 0) is 42.2 Å². The molecule has 1 fully saturated rings. The zero-order valence-corrected chi connectivity index (χ0v) is 18.9. The van der Waals surface area contributed by atoms with Crippen molar-refractivity contribution >= 4 is 43.3 Å². The minimum atomic E-state index is -3.51. The van der Waals surface area contributed by atoms with E-state index < -0.39 is 10.0 Å². The van der Waals surface area contributed by atoms with Gasteiger partial charge in [-0.1, -0.05) is 17.8 Å². The second kappa shape index (κ2) is 8.01. The molecule has 3 heterocycles. The fourth-order valence-electron chi connectivity index (χ4n) is 3.71. The van der Waals surface area contributed by atoms with Gasteiger partial charge in [0.15, 0.2) is 15.8 Å². The number of nitrogens with zero attached hydrogens (tertiary/aromatic N) is 3. The van der Waals surface area contributed by atoms with Gasteiger partial charge in [-0.2, -0.15) is 4.31 Å². The van der Waals surface area contributed by atoms with Gasteiger partial charge < -0.3 is 9.47 Å². The topological polar surface area (TPSA) is 72.0 Å². The second-order valence-corrected chi connectivity index (χ2v) is 11.2. The van der Waals surface area contributed by atoms with Crippen molar-refractivity contribution < 1.29 is 17.9 Å². The quantitative estimate of drug-likeness (QED) is 0.538. The smallest absolute Gasteiger partial charge is 0.243 e. The van der Waals surface area contributed by atoms with E-state index in [2.05, 4.69) is 9.88 Å². The van der Waals surface area contributed by atoms with Crippen molar-refractivity contribution in [3.63, 3.8) is 0 Å². The molecule has 0 saturated carbocycles. The van der Waals surface area contributed by atoms with Gasteiger partial charge in [-0.15, -0.1) is 11.3 Å². The van der Waals surface area contributed by atoms with Gasteiger partial charge in [-0.3, -0.25) is 4.90 Å². The SMILES string of the molecule is CSc1nc2ccc(S(=O)(=O)N3CCN(Cc4ccc5c(c4)OCO5)CC3)cc2s1. The van der Waals surface area contributed by atoms with Gasteiger partial charge in [0.25, 0.3) is 0 Å². The molecule has 2 aromatic carbocycles. The number of fused-ring (bicyclic) bond motifs is 2. The maximum atomic E-state index is 13.2. The average Bonchev–Trinajstić information content (AvgIpc) is 3.39. The molecule has 10 heteroatoms. The number of thioether (sulfide) groups is 1. The van der Waals surface area contributed by atoms with E-state index >= 15 is 0 Å². The summed E-state index contributed by atoms with van der Waals surface area (Å²) in [7, 11) is -3.51. The summed E-state index contributed by atoms with van der Waals surface area (Å²) in [6, 6.07) is 11.2. The highest BCUT2D eigenvalue weighted by molar-refractivity contribution is 8.00. The lowest BCUT2D eigenvalue weighted by Crippen LogP contribution is -2.48. The molecule has 30 heavy (non-hydrogen) atoms. The van der Waals surface area contributed by atoms with Crippen LogP contribution in [0.2, 0.25) is 0 Å². The number of thiazole rings is 1. The summed E-state index contributed by atoms with van der Waals surface area (Å²) >= 11 is 3.10. The zero-order chi connectivity index (χ0) is 20.7. The molecule has 0 unspecified atom stereocenters. The second-order valence-electron chi connectivity index (χ2n) is 7.18. The van der Waals surface area contributed by atoms with Crippen LogP contribution in [0, 0.1) is 0 Å². The van der Waals surface area contributed by atoms with Crippen LogP contribution in [0.1, 0.15) is 5.56 Å². The van der Waals surface area contributed by atoms with Gasteiger partial charge in [-0.25, -0.2) is 13.4 Å². The molecule has 7 nitrogen and oxygen atoms in total. The van der Waals surface area contributed by atoms with Crippen molar-refractivity contribution in [2.75, 3.05) is 39.2 Å². The molecule has 2 aliphatic rings. The predicted molar refractivity (Wildman–Crippen MR) is 118 cm³/mol. The fourth-order valence-corrected chi connectivity index (χ4v) is 6.76. The highest BCUT2D eigenvalue weighted by atomic mass is 32.2. The Bertz CT molecular complexity index is 1190. The summed E-state index contributed by atoms with van der Waals surface area (Å²) in [5, 5.41) is 0. The van der Waals surface area contributed by atoms with Crippen LogP contribution in [-0.4, -0.2) is 61.8 Å². The predicted octanol–water partition coefficient (Wildman–Crippen LogP) is 3.25. The monoisotopic (exact) mass is 463 g/mol. The van der Waals surface area contributed by atoms with Crippen LogP contribution in [0.15, 0.2) is 45.6 Å². The Morgan fingerprint density at radius 2 is 1.87 bits per heavy atom. The third kappa shape index (κ3) is 3.78. The lowest BCUT2D eigenvalue weighted by Gasteiger charge is -2.34. The highest BCUT2D eigenvalue weighted by Gasteiger charge is 2.29. The number of piperazine rings is 1. The van der Waals surface area contributed by atoms with Crippen molar-refractivity contribution in [2.45, 2.75) is 15.8 Å². The van der Waals surface area contributed by atoms with Crippen LogP contribution in [0.3, 0.4) is 0 Å². The number of aromatic nitrogens is 1. The lowest BCUT2D eigenvalue weighted by atomic mass is 10.2. The summed E-state index contributed by atoms with van der Waals surface area (Å²) in [4.78, 5) is 7.10. The molecule has 0 aliphatic carbocycles. The first-order valence-corrected chi connectivity index (χ1v) is 13.1. The Morgan fingerprint density at radius 1 is 1.07 bits per heavy atom. The minimum absolute atomic E-state index is 0.265. The van der Waals surface area contributed by atoms with Gasteiger partial charge in [0.2, 0.25) is 16.8 Å². The summed E-state index contributed by atoms with van der Waals surface area (Å²) in [5.41, 5.74) is 1.98. The van der Waals surface area contributed by atoms with Gasteiger partial charge in [0, 0.05) is 32.7 Å². The third-order valence-corrected chi connectivity index (χ3v) is 9.23. The molecule has 0 bridgehead atoms. The summed E-state index contributed by atoms with van der Waals surface area (Å²) < 4.78 is 40.5. The van der Waals surface area contributed by atoms with E-state index in [-0.39, 0.29) is 6.79 Å². The fraction of sp³-hybridized carbons (Fsp3) is 0.350. The van der Waals surface area contributed by atoms with Crippen molar-refractivity contribution in [3.05, 3.63) is 42.0 Å². The van der Waals surface area contributed by atoms with Crippen LogP contribution >= 0.6 is 23.1 Å². The Hall–Kier alpha value is -1.85. The number of sulfonamides is 1. The normalized spacial score (nSPS) is 17.6. The van der Waals surface area contributed by atoms with E-state index in [1.165, 1.54) is 11.3 Å². The molecule has 0 N–H and O–H groups in total. The third-order valence-electron chi connectivity index (χ3n) is 5.33. The molecule has 2 aliphatic heterocycles. The van der Waals surface area contributed by atoms with E-state index in [0.717, 1.165) is 38.2 Å². The molecular formula is C20H21N3O4S3. The van der Waals surface area contributed by atoms with E-state index in [4.69, 9.17) is 9.47 Å². The van der Waals surface area contributed by atoms with Crippen LogP contribution in [0.4, 0.5) is 0 Å². The average molecular weight is 464 g/mol. The largest absolute Gasteiger partial charge is 0.454 e. The summed E-state index contributed by atoms with van der Waals surface area (Å²) in [6.07, 6.45) is 1.97. The molecule has 158 valence electrons. The van der Waals surface area contributed by atoms with Crippen molar-refractivity contribution in [3.8, 4) is 11.5 Å². The summed E-state index contributed by atoms with van der Waals surface area (Å²) in [5.74, 6) is 1.55. The van der Waals surface area contributed by atoms with Crippen molar-refractivity contribution in [2.24, 2.45) is 0 Å². The van der Waals surface area contributed by atoms with Crippen LogP contribution < -0.4 is 9.47 Å². The molecular weight excluding hydrogens is 442 g/mol. The maximum Gasteiger partial charge on any atom is 0.243 e. The van der Waals surface area contributed by atoms with E-state index in [0.29, 0.717) is 31.1 Å². The zero-order valence-electron chi connectivity index (χ0n) is 16.4.